The van der Waals surface area contributed by atoms with Crippen molar-refractivity contribution in [2.45, 2.75) is 31.8 Å². The molecule has 0 saturated heterocycles. The maximum atomic E-state index is 13.2. The highest BCUT2D eigenvalue weighted by atomic mass is 19.1. The summed E-state index contributed by atoms with van der Waals surface area (Å²) >= 11 is 0. The normalized spacial score (nSPS) is 17.4. The monoisotopic (exact) mass is 265 g/mol. The van der Waals surface area contributed by atoms with Gasteiger partial charge >= 0.3 is 0 Å². The third kappa shape index (κ3) is 3.77. The second kappa shape index (κ2) is 6.66. The van der Waals surface area contributed by atoms with Gasteiger partial charge < -0.3 is 10.1 Å². The van der Waals surface area contributed by atoms with Crippen LogP contribution < -0.4 is 5.32 Å². The number of ether oxygens (including phenoxy) is 1. The summed E-state index contributed by atoms with van der Waals surface area (Å²) in [4.78, 5) is 11.9. The third-order valence-corrected chi connectivity index (χ3v) is 3.69. The van der Waals surface area contributed by atoms with Gasteiger partial charge in [0.05, 0.1) is 6.10 Å². The van der Waals surface area contributed by atoms with E-state index in [9.17, 15) is 9.18 Å². The van der Waals surface area contributed by atoms with E-state index in [1.165, 1.54) is 12.1 Å². The van der Waals surface area contributed by atoms with Gasteiger partial charge in [0, 0.05) is 19.6 Å². The molecule has 19 heavy (non-hydrogen) atoms. The summed E-state index contributed by atoms with van der Waals surface area (Å²) in [5.74, 6) is -0.0531. The fourth-order valence-corrected chi connectivity index (χ4v) is 2.57. The van der Waals surface area contributed by atoms with Gasteiger partial charge in [-0.05, 0) is 30.5 Å². The predicted molar refractivity (Wildman–Crippen MR) is 71.1 cm³/mol. The quantitative estimate of drug-likeness (QED) is 0.889. The first-order valence-corrected chi connectivity index (χ1v) is 6.76. The zero-order chi connectivity index (χ0) is 13.7. The van der Waals surface area contributed by atoms with E-state index in [-0.39, 0.29) is 23.7 Å². The van der Waals surface area contributed by atoms with Gasteiger partial charge in [-0.25, -0.2) is 4.39 Å². The molecule has 0 spiro atoms. The van der Waals surface area contributed by atoms with Crippen LogP contribution in [0.3, 0.4) is 0 Å². The zero-order valence-corrected chi connectivity index (χ0v) is 11.2. The van der Waals surface area contributed by atoms with Gasteiger partial charge in [-0.1, -0.05) is 25.0 Å². The highest BCUT2D eigenvalue weighted by Crippen LogP contribution is 2.25. The molecule has 1 N–H and O–H groups in total. The highest BCUT2D eigenvalue weighted by molar-refractivity contribution is 5.78. The predicted octanol–water partition coefficient (Wildman–Crippen LogP) is 2.82. The maximum Gasteiger partial charge on any atom is 0.223 e. The fraction of sp³-hybridized carbons (Fsp3) is 0.533. The molecule has 4 heteroatoms. The van der Waals surface area contributed by atoms with Crippen LogP contribution in [-0.2, 0) is 9.53 Å². The van der Waals surface area contributed by atoms with E-state index in [2.05, 4.69) is 5.32 Å². The van der Waals surface area contributed by atoms with Gasteiger partial charge in [0.25, 0.3) is 0 Å². The molecule has 0 aliphatic heterocycles. The third-order valence-electron chi connectivity index (χ3n) is 3.69. The van der Waals surface area contributed by atoms with Crippen LogP contribution in [0.25, 0.3) is 0 Å². The van der Waals surface area contributed by atoms with Gasteiger partial charge in [0.15, 0.2) is 0 Å². The van der Waals surface area contributed by atoms with Crippen molar-refractivity contribution in [1.29, 1.82) is 0 Å². The lowest BCUT2D eigenvalue weighted by Gasteiger charge is -2.18. The molecule has 1 aliphatic carbocycles. The molecule has 1 amide bonds. The molecule has 0 aromatic heterocycles. The first-order valence-electron chi connectivity index (χ1n) is 6.76. The standard InChI is InChI=1S/C15H20FNO2/c1-19-14(12-7-4-8-13(16)9-12)10-17-15(18)11-5-2-3-6-11/h4,7-9,11,14H,2-3,5-6,10H2,1H3,(H,17,18)/t14-/m1/s1. The van der Waals surface area contributed by atoms with Crippen LogP contribution in [0.1, 0.15) is 37.4 Å². The summed E-state index contributed by atoms with van der Waals surface area (Å²) in [6.07, 6.45) is 3.92. The Morgan fingerprint density at radius 1 is 1.47 bits per heavy atom. The lowest BCUT2D eigenvalue weighted by Crippen LogP contribution is -2.33. The van der Waals surface area contributed by atoms with Crippen molar-refractivity contribution < 1.29 is 13.9 Å². The Kier molecular flexibility index (Phi) is 4.91. The summed E-state index contributed by atoms with van der Waals surface area (Å²) in [7, 11) is 1.57. The zero-order valence-electron chi connectivity index (χ0n) is 11.2. The van der Waals surface area contributed by atoms with E-state index in [0.717, 1.165) is 31.2 Å². The van der Waals surface area contributed by atoms with Gasteiger partial charge in [0.2, 0.25) is 5.91 Å². The van der Waals surface area contributed by atoms with Crippen LogP contribution in [0.2, 0.25) is 0 Å². The molecule has 1 saturated carbocycles. The molecule has 0 unspecified atom stereocenters. The molecule has 1 aliphatic rings. The van der Waals surface area contributed by atoms with E-state index in [4.69, 9.17) is 4.74 Å². The Morgan fingerprint density at radius 3 is 2.84 bits per heavy atom. The minimum Gasteiger partial charge on any atom is -0.375 e. The van der Waals surface area contributed by atoms with Crippen LogP contribution >= 0.6 is 0 Å². The van der Waals surface area contributed by atoms with E-state index >= 15 is 0 Å². The SMILES string of the molecule is CO[C@H](CNC(=O)C1CCCC1)c1cccc(F)c1. The van der Waals surface area contributed by atoms with Crippen LogP contribution in [0.5, 0.6) is 0 Å². The number of hydrogen-bond donors (Lipinski definition) is 1. The smallest absolute Gasteiger partial charge is 0.223 e. The van der Waals surface area contributed by atoms with Crippen molar-refractivity contribution in [2.75, 3.05) is 13.7 Å². The number of methoxy groups -OCH3 is 1. The summed E-state index contributed by atoms with van der Waals surface area (Å²) in [5.41, 5.74) is 0.745. The first kappa shape index (κ1) is 14.0. The second-order valence-electron chi connectivity index (χ2n) is 5.01. The topological polar surface area (TPSA) is 38.3 Å². The Labute approximate surface area is 113 Å². The Balaban J connectivity index is 1.90. The van der Waals surface area contributed by atoms with Crippen molar-refractivity contribution in [3.05, 3.63) is 35.6 Å². The molecule has 0 radical (unpaired) electrons. The average Bonchev–Trinajstić information content (AvgIpc) is 2.93. The number of amides is 1. The Hall–Kier alpha value is -1.42. The summed E-state index contributed by atoms with van der Waals surface area (Å²) in [5, 5.41) is 2.91. The number of rotatable bonds is 5. The van der Waals surface area contributed by atoms with E-state index < -0.39 is 0 Å². The van der Waals surface area contributed by atoms with E-state index in [1.54, 1.807) is 19.2 Å². The van der Waals surface area contributed by atoms with Gasteiger partial charge in [0.1, 0.15) is 5.82 Å². The van der Waals surface area contributed by atoms with Gasteiger partial charge in [-0.3, -0.25) is 4.79 Å². The number of carbonyl (C=O) groups is 1. The molecule has 1 fully saturated rings. The molecule has 1 atom stereocenters. The first-order chi connectivity index (χ1) is 9.20. The molecule has 3 nitrogen and oxygen atoms in total. The van der Waals surface area contributed by atoms with Gasteiger partial charge in [-0.2, -0.15) is 0 Å². The number of halogens is 1. The molecule has 1 aromatic rings. The molecule has 2 rings (SSSR count). The van der Waals surface area contributed by atoms with Gasteiger partial charge in [-0.15, -0.1) is 0 Å². The number of hydrogen-bond acceptors (Lipinski definition) is 2. The summed E-state index contributed by atoms with van der Waals surface area (Å²) in [6.45, 7) is 0.384. The van der Waals surface area contributed by atoms with Crippen molar-refractivity contribution >= 4 is 5.91 Å². The molecule has 0 heterocycles. The Bertz CT molecular complexity index is 430. The van der Waals surface area contributed by atoms with E-state index in [1.807, 2.05) is 0 Å². The van der Waals surface area contributed by atoms with Crippen molar-refractivity contribution in [1.82, 2.24) is 5.32 Å². The maximum absolute atomic E-state index is 13.2. The minimum atomic E-state index is -0.305. The van der Waals surface area contributed by atoms with Crippen molar-refractivity contribution in [3.63, 3.8) is 0 Å². The van der Waals surface area contributed by atoms with Crippen LogP contribution in [0.15, 0.2) is 24.3 Å². The molecule has 104 valence electrons. The lowest BCUT2D eigenvalue weighted by molar-refractivity contribution is -0.125. The Morgan fingerprint density at radius 2 is 2.21 bits per heavy atom. The highest BCUT2D eigenvalue weighted by Gasteiger charge is 2.23. The van der Waals surface area contributed by atoms with Crippen LogP contribution in [0.4, 0.5) is 4.39 Å². The van der Waals surface area contributed by atoms with Crippen LogP contribution in [0, 0.1) is 11.7 Å². The fourth-order valence-electron chi connectivity index (χ4n) is 2.57. The second-order valence-corrected chi connectivity index (χ2v) is 5.01. The molecule has 0 bridgehead atoms. The molecule has 1 aromatic carbocycles. The summed E-state index contributed by atoms with van der Waals surface area (Å²) in [6, 6.07) is 6.29. The minimum absolute atomic E-state index is 0.0935. The lowest BCUT2D eigenvalue weighted by atomic mass is 10.1. The largest absolute Gasteiger partial charge is 0.375 e. The number of carbonyl (C=O) groups excluding carboxylic acids is 1. The molecular formula is C15H20FNO2. The van der Waals surface area contributed by atoms with Crippen molar-refractivity contribution in [2.24, 2.45) is 5.92 Å². The number of benzene rings is 1. The summed E-state index contributed by atoms with van der Waals surface area (Å²) < 4.78 is 18.5. The van der Waals surface area contributed by atoms with E-state index in [0.29, 0.717) is 6.54 Å². The average molecular weight is 265 g/mol. The van der Waals surface area contributed by atoms with Crippen LogP contribution in [-0.4, -0.2) is 19.6 Å². The number of nitrogens with one attached hydrogen (secondary N) is 1. The van der Waals surface area contributed by atoms with Crippen molar-refractivity contribution in [3.8, 4) is 0 Å². The molecular weight excluding hydrogens is 245 g/mol.